The van der Waals surface area contributed by atoms with Gasteiger partial charge < -0.3 is 9.42 Å². The van der Waals surface area contributed by atoms with Gasteiger partial charge in [-0.1, -0.05) is 11.6 Å². The number of aryl methyl sites for hydroxylation is 1. The molecule has 21 heavy (non-hydrogen) atoms. The molecule has 0 radical (unpaired) electrons. The fourth-order valence-electron chi connectivity index (χ4n) is 3.37. The molecular formula is C15H24N4O2. The maximum absolute atomic E-state index is 12.0. The van der Waals surface area contributed by atoms with E-state index in [4.69, 9.17) is 4.52 Å². The third-order valence-corrected chi connectivity index (χ3v) is 4.78. The highest BCUT2D eigenvalue weighted by atomic mass is 16.5. The van der Waals surface area contributed by atoms with Gasteiger partial charge in [-0.2, -0.15) is 4.98 Å². The predicted molar refractivity (Wildman–Crippen MR) is 77.7 cm³/mol. The van der Waals surface area contributed by atoms with Gasteiger partial charge in [0.2, 0.25) is 11.8 Å². The third-order valence-electron chi connectivity index (χ3n) is 4.78. The molecule has 6 heteroatoms. The summed E-state index contributed by atoms with van der Waals surface area (Å²) in [5.74, 6) is 1.42. The van der Waals surface area contributed by atoms with Crippen LogP contribution < -0.4 is 0 Å². The lowest BCUT2D eigenvalue weighted by atomic mass is 9.92. The second kappa shape index (κ2) is 6.13. The summed E-state index contributed by atoms with van der Waals surface area (Å²) < 4.78 is 4.98. The van der Waals surface area contributed by atoms with Crippen LogP contribution in [0.2, 0.25) is 0 Å². The molecule has 1 aliphatic carbocycles. The van der Waals surface area contributed by atoms with Crippen molar-refractivity contribution in [1.29, 1.82) is 0 Å². The molecule has 0 spiro atoms. The summed E-state index contributed by atoms with van der Waals surface area (Å²) in [4.78, 5) is 20.7. The predicted octanol–water partition coefficient (Wildman–Crippen LogP) is 1.40. The first-order chi connectivity index (χ1) is 10.1. The summed E-state index contributed by atoms with van der Waals surface area (Å²) in [6, 6.07) is 1.11. The van der Waals surface area contributed by atoms with E-state index in [9.17, 15) is 4.79 Å². The van der Waals surface area contributed by atoms with Gasteiger partial charge in [0.05, 0.1) is 0 Å². The average Bonchev–Trinajstić information content (AvgIpc) is 2.97. The van der Waals surface area contributed by atoms with Crippen LogP contribution in [0.1, 0.15) is 44.3 Å². The van der Waals surface area contributed by atoms with Crippen molar-refractivity contribution in [2.45, 2.75) is 58.0 Å². The molecule has 6 nitrogen and oxygen atoms in total. The molecule has 116 valence electrons. The topological polar surface area (TPSA) is 62.5 Å². The number of hydrogen-bond acceptors (Lipinski definition) is 5. The van der Waals surface area contributed by atoms with Crippen molar-refractivity contribution in [3.05, 3.63) is 11.7 Å². The highest BCUT2D eigenvalue weighted by molar-refractivity contribution is 5.73. The molecule has 1 aromatic heterocycles. The minimum atomic E-state index is 0.149. The Bertz CT molecular complexity index is 498. The van der Waals surface area contributed by atoms with Crippen LogP contribution in [0.4, 0.5) is 0 Å². The zero-order valence-corrected chi connectivity index (χ0v) is 12.9. The highest BCUT2D eigenvalue weighted by Crippen LogP contribution is 2.29. The first-order valence-electron chi connectivity index (χ1n) is 7.94. The van der Waals surface area contributed by atoms with E-state index in [0.29, 0.717) is 30.7 Å². The molecular weight excluding hydrogens is 268 g/mol. The fourth-order valence-corrected chi connectivity index (χ4v) is 3.37. The monoisotopic (exact) mass is 292 g/mol. The lowest BCUT2D eigenvalue weighted by Crippen LogP contribution is -2.44. The molecule has 1 saturated heterocycles. The van der Waals surface area contributed by atoms with Crippen molar-refractivity contribution in [2.75, 3.05) is 19.6 Å². The number of carbonyl (C=O) groups is 1. The number of carbonyl (C=O) groups excluding carboxylic acids is 1. The van der Waals surface area contributed by atoms with E-state index >= 15 is 0 Å². The first-order valence-corrected chi connectivity index (χ1v) is 7.94. The number of amides is 1. The average molecular weight is 292 g/mol. The van der Waals surface area contributed by atoms with Crippen LogP contribution in [0.5, 0.6) is 0 Å². The number of rotatable bonds is 5. The van der Waals surface area contributed by atoms with E-state index in [-0.39, 0.29) is 5.91 Å². The maximum atomic E-state index is 12.0. The maximum Gasteiger partial charge on any atom is 0.223 e. The Morgan fingerprint density at radius 1 is 1.43 bits per heavy atom. The van der Waals surface area contributed by atoms with Crippen molar-refractivity contribution in [3.8, 4) is 0 Å². The largest absolute Gasteiger partial charge is 0.340 e. The van der Waals surface area contributed by atoms with Crippen molar-refractivity contribution < 1.29 is 9.32 Å². The van der Waals surface area contributed by atoms with Crippen LogP contribution in [0.25, 0.3) is 0 Å². The van der Waals surface area contributed by atoms with Gasteiger partial charge in [-0.25, -0.2) is 0 Å². The van der Waals surface area contributed by atoms with Gasteiger partial charge in [0.15, 0.2) is 5.82 Å². The first kappa shape index (κ1) is 14.5. The number of hydrogen-bond donors (Lipinski definition) is 0. The normalized spacial score (nSPS) is 23.2. The molecule has 2 fully saturated rings. The molecule has 0 aromatic carbocycles. The standard InChI is InChI=1S/C15H24N4O2/c1-11-16-15(17-21-11)7-9-19(12(2)20)14-6-8-18(10-14)13-4-3-5-13/h13-14H,3-10H2,1-2H3. The van der Waals surface area contributed by atoms with Gasteiger partial charge in [-0.3, -0.25) is 9.69 Å². The van der Waals surface area contributed by atoms with Gasteiger partial charge >= 0.3 is 0 Å². The summed E-state index contributed by atoms with van der Waals surface area (Å²) >= 11 is 0. The van der Waals surface area contributed by atoms with E-state index in [0.717, 1.165) is 25.6 Å². The van der Waals surface area contributed by atoms with Crippen LogP contribution in [0.3, 0.4) is 0 Å². The quantitative estimate of drug-likeness (QED) is 0.821. The number of aromatic nitrogens is 2. The van der Waals surface area contributed by atoms with Gasteiger partial charge in [0.25, 0.3) is 0 Å². The SMILES string of the molecule is CC(=O)N(CCc1noc(C)n1)C1CCN(C2CCC2)C1. The third kappa shape index (κ3) is 3.26. The molecule has 2 aliphatic rings. The Labute approximate surface area is 125 Å². The molecule has 0 bridgehead atoms. The van der Waals surface area contributed by atoms with Crippen LogP contribution in [0.15, 0.2) is 4.52 Å². The molecule has 0 N–H and O–H groups in total. The van der Waals surface area contributed by atoms with Crippen LogP contribution in [-0.4, -0.2) is 57.6 Å². The smallest absolute Gasteiger partial charge is 0.223 e. The second-order valence-electron chi connectivity index (χ2n) is 6.21. The summed E-state index contributed by atoms with van der Waals surface area (Å²) in [5, 5.41) is 3.90. The zero-order valence-electron chi connectivity index (χ0n) is 12.9. The van der Waals surface area contributed by atoms with Crippen molar-refractivity contribution >= 4 is 5.91 Å². The van der Waals surface area contributed by atoms with E-state index in [1.165, 1.54) is 19.3 Å². The van der Waals surface area contributed by atoms with E-state index in [1.807, 2.05) is 4.90 Å². The van der Waals surface area contributed by atoms with E-state index in [2.05, 4.69) is 15.0 Å². The van der Waals surface area contributed by atoms with Crippen LogP contribution in [-0.2, 0) is 11.2 Å². The molecule has 1 aromatic rings. The summed E-state index contributed by atoms with van der Waals surface area (Å²) in [7, 11) is 0. The molecule has 1 saturated carbocycles. The van der Waals surface area contributed by atoms with Crippen LogP contribution in [0, 0.1) is 6.92 Å². The molecule has 1 atom stereocenters. The summed E-state index contributed by atoms with van der Waals surface area (Å²) in [6.07, 6.45) is 5.77. The molecule has 3 rings (SSSR count). The Kier molecular flexibility index (Phi) is 4.24. The van der Waals surface area contributed by atoms with Gasteiger partial charge in [0.1, 0.15) is 0 Å². The lowest BCUT2D eigenvalue weighted by Gasteiger charge is -2.35. The minimum absolute atomic E-state index is 0.149. The van der Waals surface area contributed by atoms with Crippen molar-refractivity contribution in [1.82, 2.24) is 19.9 Å². The molecule has 2 heterocycles. The Balaban J connectivity index is 1.55. The van der Waals surface area contributed by atoms with Crippen LogP contribution >= 0.6 is 0 Å². The number of likely N-dealkylation sites (tertiary alicyclic amines) is 1. The Hall–Kier alpha value is -1.43. The lowest BCUT2D eigenvalue weighted by molar-refractivity contribution is -0.131. The molecule has 1 unspecified atom stereocenters. The van der Waals surface area contributed by atoms with Gasteiger partial charge in [-0.05, 0) is 19.3 Å². The fraction of sp³-hybridized carbons (Fsp3) is 0.800. The second-order valence-corrected chi connectivity index (χ2v) is 6.21. The van der Waals surface area contributed by atoms with E-state index in [1.54, 1.807) is 13.8 Å². The number of nitrogens with zero attached hydrogens (tertiary/aromatic N) is 4. The van der Waals surface area contributed by atoms with Gasteiger partial charge in [0, 0.05) is 52.0 Å². The highest BCUT2D eigenvalue weighted by Gasteiger charge is 2.34. The molecule has 1 aliphatic heterocycles. The summed E-state index contributed by atoms with van der Waals surface area (Å²) in [5.41, 5.74) is 0. The van der Waals surface area contributed by atoms with Crippen molar-refractivity contribution in [2.24, 2.45) is 0 Å². The Morgan fingerprint density at radius 3 is 2.81 bits per heavy atom. The van der Waals surface area contributed by atoms with Gasteiger partial charge in [-0.15, -0.1) is 0 Å². The van der Waals surface area contributed by atoms with E-state index < -0.39 is 0 Å². The zero-order chi connectivity index (χ0) is 14.8. The molecule has 1 amide bonds. The van der Waals surface area contributed by atoms with Crippen molar-refractivity contribution in [3.63, 3.8) is 0 Å². The Morgan fingerprint density at radius 2 is 2.24 bits per heavy atom. The summed E-state index contributed by atoms with van der Waals surface area (Å²) in [6.45, 7) is 6.27. The minimum Gasteiger partial charge on any atom is -0.340 e.